The van der Waals surface area contributed by atoms with E-state index in [1.54, 1.807) is 0 Å². The summed E-state index contributed by atoms with van der Waals surface area (Å²) in [6, 6.07) is -0.792. The van der Waals surface area contributed by atoms with E-state index in [4.69, 9.17) is 20.1 Å². The molecule has 7 nitrogen and oxygen atoms in total. The summed E-state index contributed by atoms with van der Waals surface area (Å²) in [5.74, 6) is 0. The summed E-state index contributed by atoms with van der Waals surface area (Å²) in [6.07, 6.45) is -2.57. The van der Waals surface area contributed by atoms with Crippen LogP contribution in [0, 0.1) is 0 Å². The highest BCUT2D eigenvalue weighted by molar-refractivity contribution is 4.92. The number of rotatable bonds is 3. The first-order valence-corrected chi connectivity index (χ1v) is 3.76. The SMILES string of the molecule is COC1OC(CO)C(N=[N+]=[N-])C1O. The summed E-state index contributed by atoms with van der Waals surface area (Å²) >= 11 is 0. The molecule has 0 aromatic carbocycles. The average molecular weight is 189 g/mol. The van der Waals surface area contributed by atoms with Crippen LogP contribution < -0.4 is 0 Å². The lowest BCUT2D eigenvalue weighted by Crippen LogP contribution is -2.32. The normalized spacial score (nSPS) is 38.7. The van der Waals surface area contributed by atoms with E-state index >= 15 is 0 Å². The van der Waals surface area contributed by atoms with Crippen molar-refractivity contribution in [3.63, 3.8) is 0 Å². The van der Waals surface area contributed by atoms with Gasteiger partial charge in [-0.25, -0.2) is 0 Å². The Balaban J connectivity index is 2.73. The minimum Gasteiger partial charge on any atom is -0.394 e. The van der Waals surface area contributed by atoms with Crippen molar-refractivity contribution in [3.8, 4) is 0 Å². The summed E-state index contributed by atoms with van der Waals surface area (Å²) in [6.45, 7) is -0.319. The molecule has 0 saturated carbocycles. The molecule has 0 radical (unpaired) electrons. The number of ether oxygens (including phenoxy) is 2. The smallest absolute Gasteiger partial charge is 0.184 e. The number of aliphatic hydroxyl groups excluding tert-OH is 2. The standard InChI is InChI=1S/C6H11N3O4/c1-12-6-5(11)4(8-9-7)3(2-10)13-6/h3-6,10-11H,2H2,1H3. The number of hydrogen-bond acceptors (Lipinski definition) is 5. The second kappa shape index (κ2) is 4.40. The van der Waals surface area contributed by atoms with Gasteiger partial charge in [0.1, 0.15) is 6.10 Å². The molecule has 0 aromatic rings. The third-order valence-electron chi connectivity index (χ3n) is 1.92. The van der Waals surface area contributed by atoms with Crippen molar-refractivity contribution in [2.75, 3.05) is 13.7 Å². The molecular formula is C6H11N3O4. The zero-order chi connectivity index (χ0) is 9.84. The fourth-order valence-corrected chi connectivity index (χ4v) is 1.26. The van der Waals surface area contributed by atoms with Crippen LogP contribution in [0.3, 0.4) is 0 Å². The van der Waals surface area contributed by atoms with Crippen molar-refractivity contribution in [2.45, 2.75) is 24.5 Å². The number of aliphatic hydroxyl groups is 2. The van der Waals surface area contributed by atoms with Crippen LogP contribution >= 0.6 is 0 Å². The Labute approximate surface area is 74.5 Å². The molecule has 0 bridgehead atoms. The molecular weight excluding hydrogens is 178 g/mol. The number of azide groups is 1. The molecule has 7 heteroatoms. The Hall–Kier alpha value is -0.850. The molecule has 1 rings (SSSR count). The van der Waals surface area contributed by atoms with Gasteiger partial charge in [-0.1, -0.05) is 5.11 Å². The van der Waals surface area contributed by atoms with E-state index in [0.717, 1.165) is 0 Å². The van der Waals surface area contributed by atoms with Crippen molar-refractivity contribution >= 4 is 0 Å². The van der Waals surface area contributed by atoms with E-state index in [-0.39, 0.29) is 6.61 Å². The van der Waals surface area contributed by atoms with Crippen molar-refractivity contribution in [3.05, 3.63) is 10.4 Å². The van der Waals surface area contributed by atoms with E-state index in [1.807, 2.05) is 0 Å². The van der Waals surface area contributed by atoms with Gasteiger partial charge in [-0.05, 0) is 5.53 Å². The summed E-state index contributed by atoms with van der Waals surface area (Å²) in [4.78, 5) is 2.55. The molecule has 0 aromatic heterocycles. The maximum absolute atomic E-state index is 9.46. The van der Waals surface area contributed by atoms with Crippen LogP contribution in [0.1, 0.15) is 0 Å². The summed E-state index contributed by atoms with van der Waals surface area (Å²) in [7, 11) is 1.36. The van der Waals surface area contributed by atoms with Crippen LogP contribution in [0.15, 0.2) is 5.11 Å². The third kappa shape index (κ3) is 1.90. The predicted octanol–water partition coefficient (Wildman–Crippen LogP) is -0.610. The van der Waals surface area contributed by atoms with Gasteiger partial charge in [-0.15, -0.1) is 0 Å². The number of methoxy groups -OCH3 is 1. The highest BCUT2D eigenvalue weighted by Gasteiger charge is 2.43. The fourth-order valence-electron chi connectivity index (χ4n) is 1.26. The van der Waals surface area contributed by atoms with Crippen LogP contribution in [-0.4, -0.2) is 48.5 Å². The molecule has 1 heterocycles. The lowest BCUT2D eigenvalue weighted by molar-refractivity contribution is -0.153. The van der Waals surface area contributed by atoms with Crippen molar-refractivity contribution in [2.24, 2.45) is 5.11 Å². The fraction of sp³-hybridized carbons (Fsp3) is 1.00. The van der Waals surface area contributed by atoms with Gasteiger partial charge in [0, 0.05) is 12.0 Å². The summed E-state index contributed by atoms with van der Waals surface area (Å²) in [5.41, 5.74) is 8.19. The van der Waals surface area contributed by atoms with Crippen LogP contribution in [0.5, 0.6) is 0 Å². The van der Waals surface area contributed by atoms with E-state index < -0.39 is 24.5 Å². The molecule has 4 unspecified atom stereocenters. The topological polar surface area (TPSA) is 108 Å². The van der Waals surface area contributed by atoms with Gasteiger partial charge in [0.2, 0.25) is 0 Å². The van der Waals surface area contributed by atoms with Gasteiger partial charge in [-0.3, -0.25) is 0 Å². The van der Waals surface area contributed by atoms with Crippen LogP contribution in [-0.2, 0) is 9.47 Å². The molecule has 1 fully saturated rings. The molecule has 0 aliphatic carbocycles. The van der Waals surface area contributed by atoms with Gasteiger partial charge in [-0.2, -0.15) is 0 Å². The average Bonchev–Trinajstić information content (AvgIpc) is 2.45. The maximum atomic E-state index is 9.46. The lowest BCUT2D eigenvalue weighted by Gasteiger charge is -2.11. The zero-order valence-corrected chi connectivity index (χ0v) is 7.07. The zero-order valence-electron chi connectivity index (χ0n) is 7.07. The van der Waals surface area contributed by atoms with Gasteiger partial charge in [0.15, 0.2) is 6.29 Å². The van der Waals surface area contributed by atoms with Gasteiger partial charge >= 0.3 is 0 Å². The molecule has 4 atom stereocenters. The minimum atomic E-state index is -1.03. The Morgan fingerprint density at radius 3 is 2.85 bits per heavy atom. The predicted molar refractivity (Wildman–Crippen MR) is 41.7 cm³/mol. The number of nitrogens with zero attached hydrogens (tertiary/aromatic N) is 3. The highest BCUT2D eigenvalue weighted by atomic mass is 16.7. The van der Waals surface area contributed by atoms with Crippen molar-refractivity contribution < 1.29 is 19.7 Å². The molecule has 1 saturated heterocycles. The number of hydrogen-bond donors (Lipinski definition) is 2. The molecule has 2 N–H and O–H groups in total. The molecule has 13 heavy (non-hydrogen) atoms. The molecule has 1 aliphatic heterocycles. The van der Waals surface area contributed by atoms with E-state index in [9.17, 15) is 5.11 Å². The Morgan fingerprint density at radius 1 is 1.69 bits per heavy atom. The monoisotopic (exact) mass is 189 g/mol. The van der Waals surface area contributed by atoms with E-state index in [2.05, 4.69) is 10.0 Å². The van der Waals surface area contributed by atoms with Crippen LogP contribution in [0.25, 0.3) is 10.4 Å². The van der Waals surface area contributed by atoms with Crippen LogP contribution in [0.2, 0.25) is 0 Å². The second-order valence-corrected chi connectivity index (χ2v) is 2.65. The third-order valence-corrected chi connectivity index (χ3v) is 1.92. The van der Waals surface area contributed by atoms with E-state index in [0.29, 0.717) is 0 Å². The summed E-state index contributed by atoms with van der Waals surface area (Å²) in [5, 5.41) is 21.6. The molecule has 74 valence electrons. The van der Waals surface area contributed by atoms with Crippen molar-refractivity contribution in [1.29, 1.82) is 0 Å². The minimum absolute atomic E-state index is 0.319. The van der Waals surface area contributed by atoms with Gasteiger partial charge in [0.05, 0.1) is 18.8 Å². The Kier molecular flexibility index (Phi) is 3.47. The quantitative estimate of drug-likeness (QED) is 0.350. The van der Waals surface area contributed by atoms with Crippen molar-refractivity contribution in [1.82, 2.24) is 0 Å². The Morgan fingerprint density at radius 2 is 2.38 bits per heavy atom. The van der Waals surface area contributed by atoms with Gasteiger partial charge in [0.25, 0.3) is 0 Å². The summed E-state index contributed by atoms with van der Waals surface area (Å²) < 4.78 is 9.82. The van der Waals surface area contributed by atoms with Crippen LogP contribution in [0.4, 0.5) is 0 Å². The largest absolute Gasteiger partial charge is 0.394 e. The van der Waals surface area contributed by atoms with E-state index in [1.165, 1.54) is 7.11 Å². The highest BCUT2D eigenvalue weighted by Crippen LogP contribution is 2.24. The molecule has 1 aliphatic rings. The second-order valence-electron chi connectivity index (χ2n) is 2.65. The molecule has 0 amide bonds. The first-order chi connectivity index (χ1) is 6.24. The lowest BCUT2D eigenvalue weighted by atomic mass is 10.1. The molecule has 0 spiro atoms. The first kappa shape index (κ1) is 10.2. The Bertz CT molecular complexity index is 216. The first-order valence-electron chi connectivity index (χ1n) is 3.76. The van der Waals surface area contributed by atoms with Gasteiger partial charge < -0.3 is 19.7 Å². The maximum Gasteiger partial charge on any atom is 0.184 e.